The van der Waals surface area contributed by atoms with Gasteiger partial charge in [0.2, 0.25) is 0 Å². The lowest BCUT2D eigenvalue weighted by Crippen LogP contribution is -2.15. The minimum absolute atomic E-state index is 0.454. The molecule has 1 aromatic carbocycles. The summed E-state index contributed by atoms with van der Waals surface area (Å²) in [6.07, 6.45) is 10.2. The first-order chi connectivity index (χ1) is 12.7. The van der Waals surface area contributed by atoms with Crippen molar-refractivity contribution in [2.45, 2.75) is 76.8 Å². The maximum Gasteiger partial charge on any atom is 0.170 e. The second-order valence-corrected chi connectivity index (χ2v) is 8.46. The summed E-state index contributed by atoms with van der Waals surface area (Å²) in [6.45, 7) is 5.75. The van der Waals surface area contributed by atoms with Crippen molar-refractivity contribution in [3.63, 3.8) is 0 Å². The maximum atomic E-state index is 6.08. The fraction of sp³-hybridized carbons (Fsp3) is 0.591. The lowest BCUT2D eigenvalue weighted by molar-refractivity contribution is 0.0563. The van der Waals surface area contributed by atoms with Crippen molar-refractivity contribution < 1.29 is 4.74 Å². The number of nitrogens with zero attached hydrogens (tertiary/aromatic N) is 2. The van der Waals surface area contributed by atoms with Crippen LogP contribution in [0.5, 0.6) is 0 Å². The highest BCUT2D eigenvalue weighted by molar-refractivity contribution is 7.98. The summed E-state index contributed by atoms with van der Waals surface area (Å²) in [5, 5.41) is 1.09. The van der Waals surface area contributed by atoms with Crippen molar-refractivity contribution in [3.05, 3.63) is 47.3 Å². The molecule has 3 nitrogen and oxygen atoms in total. The molecule has 1 aliphatic rings. The molecule has 3 rings (SSSR count). The maximum absolute atomic E-state index is 6.08. The van der Waals surface area contributed by atoms with Crippen LogP contribution in [0.3, 0.4) is 0 Å². The Morgan fingerprint density at radius 2 is 1.88 bits per heavy atom. The van der Waals surface area contributed by atoms with E-state index in [1.54, 1.807) is 11.8 Å². The molecule has 2 aromatic rings. The number of rotatable bonds is 8. The monoisotopic (exact) mass is 372 g/mol. The fourth-order valence-electron chi connectivity index (χ4n) is 3.94. The van der Waals surface area contributed by atoms with Crippen LogP contribution in [0.4, 0.5) is 0 Å². The van der Waals surface area contributed by atoms with Gasteiger partial charge in [-0.3, -0.25) is 4.57 Å². The quantitative estimate of drug-likeness (QED) is 0.530. The van der Waals surface area contributed by atoms with E-state index in [1.165, 1.54) is 49.1 Å². The normalized spacial score (nSPS) is 15.7. The molecule has 0 unspecified atom stereocenters. The Balaban J connectivity index is 1.76. The molecule has 0 amide bonds. The molecule has 4 heteroatoms. The molecule has 26 heavy (non-hydrogen) atoms. The van der Waals surface area contributed by atoms with Crippen LogP contribution in [0.1, 0.15) is 68.8 Å². The first kappa shape index (κ1) is 19.5. The third-order valence-electron chi connectivity index (χ3n) is 5.34. The molecular formula is C22H32N2OS. The average molecular weight is 373 g/mol. The molecule has 0 saturated heterocycles. The van der Waals surface area contributed by atoms with Gasteiger partial charge >= 0.3 is 0 Å². The Morgan fingerprint density at radius 1 is 1.15 bits per heavy atom. The van der Waals surface area contributed by atoms with Gasteiger partial charge in [-0.15, -0.1) is 0 Å². The molecule has 0 aliphatic heterocycles. The topological polar surface area (TPSA) is 27.1 Å². The first-order valence-corrected chi connectivity index (χ1v) is 11.2. The van der Waals surface area contributed by atoms with E-state index in [4.69, 9.17) is 9.72 Å². The number of hydrogen-bond acceptors (Lipinski definition) is 3. The van der Waals surface area contributed by atoms with E-state index in [-0.39, 0.29) is 0 Å². The molecular weight excluding hydrogens is 340 g/mol. The molecule has 0 radical (unpaired) electrons. The molecule has 1 aliphatic carbocycles. The van der Waals surface area contributed by atoms with Crippen molar-refractivity contribution in [1.29, 1.82) is 0 Å². The van der Waals surface area contributed by atoms with Crippen molar-refractivity contribution in [2.24, 2.45) is 5.92 Å². The summed E-state index contributed by atoms with van der Waals surface area (Å²) in [5.41, 5.74) is 3.89. The predicted molar refractivity (Wildman–Crippen MR) is 110 cm³/mol. The minimum Gasteiger partial charge on any atom is -0.356 e. The lowest BCUT2D eigenvalue weighted by Gasteiger charge is -2.23. The van der Waals surface area contributed by atoms with E-state index < -0.39 is 0 Å². The van der Waals surface area contributed by atoms with Gasteiger partial charge in [0.15, 0.2) is 5.16 Å². The smallest absolute Gasteiger partial charge is 0.170 e. The van der Waals surface area contributed by atoms with Gasteiger partial charge in [0, 0.05) is 5.69 Å². The van der Waals surface area contributed by atoms with Crippen molar-refractivity contribution in [3.8, 4) is 0 Å². The zero-order valence-corrected chi connectivity index (χ0v) is 17.2. The molecule has 0 bridgehead atoms. The second kappa shape index (κ2) is 9.61. The van der Waals surface area contributed by atoms with Crippen molar-refractivity contribution in [2.75, 3.05) is 6.26 Å². The van der Waals surface area contributed by atoms with Gasteiger partial charge in [0.1, 0.15) is 6.73 Å². The van der Waals surface area contributed by atoms with Gasteiger partial charge in [-0.2, -0.15) is 0 Å². The van der Waals surface area contributed by atoms with E-state index in [1.807, 2.05) is 6.07 Å². The number of benzene rings is 1. The Kier molecular flexibility index (Phi) is 7.21. The van der Waals surface area contributed by atoms with Crippen LogP contribution < -0.4 is 0 Å². The van der Waals surface area contributed by atoms with Crippen LogP contribution in [-0.4, -0.2) is 15.8 Å². The highest BCUT2D eigenvalue weighted by Crippen LogP contribution is 2.32. The Morgan fingerprint density at radius 3 is 2.54 bits per heavy atom. The van der Waals surface area contributed by atoms with Gasteiger partial charge in [-0.1, -0.05) is 88.0 Å². The highest BCUT2D eigenvalue weighted by Gasteiger charge is 2.23. The largest absolute Gasteiger partial charge is 0.356 e. The third-order valence-corrected chi connectivity index (χ3v) is 6.01. The van der Waals surface area contributed by atoms with Crippen LogP contribution >= 0.6 is 11.8 Å². The molecule has 142 valence electrons. The zero-order chi connectivity index (χ0) is 18.4. The fourth-order valence-corrected chi connectivity index (χ4v) is 4.51. The minimum atomic E-state index is 0.454. The number of imidazole rings is 1. The summed E-state index contributed by atoms with van der Waals surface area (Å²) >= 11 is 1.73. The molecule has 0 N–H and O–H groups in total. The molecule has 0 atom stereocenters. The van der Waals surface area contributed by atoms with Crippen LogP contribution in [-0.2, 0) is 24.5 Å². The Bertz CT molecular complexity index is 675. The van der Waals surface area contributed by atoms with Gasteiger partial charge in [0.05, 0.1) is 12.3 Å². The predicted octanol–water partition coefficient (Wildman–Crippen LogP) is 6.03. The number of thioether (sulfide) groups is 1. The van der Waals surface area contributed by atoms with Crippen LogP contribution in [0.15, 0.2) is 35.5 Å². The van der Waals surface area contributed by atoms with Crippen molar-refractivity contribution in [1.82, 2.24) is 9.55 Å². The summed E-state index contributed by atoms with van der Waals surface area (Å²) in [7, 11) is 0. The first-order valence-electron chi connectivity index (χ1n) is 9.94. The van der Waals surface area contributed by atoms with E-state index >= 15 is 0 Å². The Labute approximate surface area is 162 Å². The standard InChI is InChI=1S/C22H32N2OS/c1-17(2)21-20(14-18-10-6-4-7-11-18)24(22(23-21)26-3)16-25-15-19-12-8-5-9-13-19/h5,8-9,12-13,17-18H,4,6-7,10-11,14-16H2,1-3H3. The van der Waals surface area contributed by atoms with E-state index in [0.29, 0.717) is 19.3 Å². The number of aromatic nitrogens is 2. The number of hydrogen-bond donors (Lipinski definition) is 0. The molecule has 1 heterocycles. The number of ether oxygens (including phenoxy) is 1. The van der Waals surface area contributed by atoms with E-state index in [2.05, 4.69) is 48.9 Å². The summed E-state index contributed by atoms with van der Waals surface area (Å²) < 4.78 is 8.41. The van der Waals surface area contributed by atoms with Gasteiger partial charge in [-0.25, -0.2) is 4.98 Å². The lowest BCUT2D eigenvalue weighted by atomic mass is 9.85. The third kappa shape index (κ3) is 4.92. The molecule has 1 fully saturated rings. The van der Waals surface area contributed by atoms with Crippen LogP contribution in [0.25, 0.3) is 0 Å². The second-order valence-electron chi connectivity index (χ2n) is 7.68. The van der Waals surface area contributed by atoms with E-state index in [9.17, 15) is 0 Å². The van der Waals surface area contributed by atoms with Gasteiger partial charge in [-0.05, 0) is 30.1 Å². The zero-order valence-electron chi connectivity index (χ0n) is 16.4. The molecule has 1 aromatic heterocycles. The SMILES string of the molecule is CSc1nc(C(C)C)c(CC2CCCCC2)n1COCc1ccccc1. The van der Waals surface area contributed by atoms with Crippen molar-refractivity contribution >= 4 is 11.8 Å². The average Bonchev–Trinajstić information content (AvgIpc) is 3.01. The van der Waals surface area contributed by atoms with Gasteiger partial charge < -0.3 is 4.74 Å². The summed E-state index contributed by atoms with van der Waals surface area (Å²) in [5.74, 6) is 1.26. The van der Waals surface area contributed by atoms with Crippen LogP contribution in [0.2, 0.25) is 0 Å². The summed E-state index contributed by atoms with van der Waals surface area (Å²) in [6, 6.07) is 10.4. The molecule has 0 spiro atoms. The van der Waals surface area contributed by atoms with Crippen LogP contribution in [0, 0.1) is 5.92 Å². The summed E-state index contributed by atoms with van der Waals surface area (Å²) in [4.78, 5) is 4.97. The Hall–Kier alpha value is -1.26. The van der Waals surface area contributed by atoms with Gasteiger partial charge in [0.25, 0.3) is 0 Å². The molecule has 1 saturated carbocycles. The van der Waals surface area contributed by atoms with E-state index in [0.717, 1.165) is 17.5 Å². The highest BCUT2D eigenvalue weighted by atomic mass is 32.2.